The summed E-state index contributed by atoms with van der Waals surface area (Å²) in [6.07, 6.45) is -13.8. The number of hydrogen-bond acceptors (Lipinski definition) is 14. The van der Waals surface area contributed by atoms with Crippen LogP contribution in [0.25, 0.3) is 0 Å². The van der Waals surface area contributed by atoms with Gasteiger partial charge in [-0.2, -0.15) is 0 Å². The van der Waals surface area contributed by atoms with Crippen molar-refractivity contribution in [1.29, 1.82) is 0 Å². The van der Waals surface area contributed by atoms with Crippen molar-refractivity contribution in [2.75, 3.05) is 7.05 Å². The van der Waals surface area contributed by atoms with Crippen molar-refractivity contribution in [3.05, 3.63) is 71.8 Å². The minimum atomic E-state index is -1.73. The van der Waals surface area contributed by atoms with Crippen LogP contribution >= 0.6 is 0 Å². The van der Waals surface area contributed by atoms with E-state index in [0.29, 0.717) is 18.3 Å². The summed E-state index contributed by atoms with van der Waals surface area (Å²) in [5.74, 6) is 0.330. The summed E-state index contributed by atoms with van der Waals surface area (Å²) < 4.78 is 55.1. The number of likely N-dealkylation sites (N-methyl/N-ethyl adjacent to an activating group) is 1. The number of hydrogen-bond donors (Lipinski definition) is 4. The Morgan fingerprint density at radius 3 is 1.95 bits per heavy atom. The first-order valence-electron chi connectivity index (χ1n) is 20.5. The molecule has 324 valence electrons. The van der Waals surface area contributed by atoms with Crippen LogP contribution in [0.4, 0.5) is 14.4 Å². The van der Waals surface area contributed by atoms with Crippen molar-refractivity contribution in [2.24, 2.45) is 23.7 Å². The SMILES string of the molecule is CCC1O[C@H](OC2O[C@H]3CC(C)[C@@H](O[C@@H]4C(NC(=O)OCc5ccccc5)O[C@@H](NC(=O)OCc5ccccc5)C(O)[C@H]4O)OC3C3OC(=O)N(C)C23)C(C)[C@@H](C)[C@@H]1C. The van der Waals surface area contributed by atoms with E-state index in [1.54, 1.807) is 55.6 Å². The molecule has 5 heterocycles. The normalized spacial score (nSPS) is 39.3. The van der Waals surface area contributed by atoms with E-state index < -0.39 is 98.2 Å². The number of nitrogens with one attached hydrogen (secondary N) is 2. The monoisotopic (exact) mass is 827 g/mol. The van der Waals surface area contributed by atoms with Crippen molar-refractivity contribution in [3.8, 4) is 0 Å². The Labute approximate surface area is 343 Å². The van der Waals surface area contributed by atoms with Crippen molar-refractivity contribution in [3.63, 3.8) is 0 Å². The van der Waals surface area contributed by atoms with Gasteiger partial charge in [0.2, 0.25) is 0 Å². The average molecular weight is 828 g/mol. The predicted molar refractivity (Wildman–Crippen MR) is 206 cm³/mol. The maximum atomic E-state index is 13.2. The Bertz CT molecular complexity index is 1720. The van der Waals surface area contributed by atoms with Crippen LogP contribution in [0.3, 0.4) is 0 Å². The van der Waals surface area contributed by atoms with Gasteiger partial charge in [0.15, 0.2) is 37.4 Å². The third-order valence-corrected chi connectivity index (χ3v) is 12.4. The van der Waals surface area contributed by atoms with E-state index in [4.69, 9.17) is 42.6 Å². The molecular weight excluding hydrogens is 770 g/mol. The number of carbonyl (C=O) groups excluding carboxylic acids is 3. The Hall–Kier alpha value is -4.07. The van der Waals surface area contributed by atoms with E-state index in [0.717, 1.165) is 17.5 Å². The highest BCUT2D eigenvalue weighted by Crippen LogP contribution is 2.44. The molecule has 7 rings (SSSR count). The van der Waals surface area contributed by atoms with Crippen LogP contribution in [0.1, 0.15) is 58.6 Å². The van der Waals surface area contributed by atoms with Crippen LogP contribution in [0, 0.1) is 23.7 Å². The summed E-state index contributed by atoms with van der Waals surface area (Å²) in [7, 11) is 1.61. The lowest BCUT2D eigenvalue weighted by molar-refractivity contribution is -0.374. The number of aliphatic hydroxyl groups is 2. The molecule has 17 atom stereocenters. The van der Waals surface area contributed by atoms with Crippen LogP contribution in [0.15, 0.2) is 60.7 Å². The molecule has 0 aliphatic carbocycles. The molecule has 0 spiro atoms. The standard InChI is InChI=1S/C42H57N3O14/c1-7-27-23(4)22(3)24(5)38(53-27)59-39-29-33(57-42(50)45(29)6)32-28(54-39)18-21(2)37(55-32)56-34-30(46)31(47)35(43-40(48)51-19-25-14-10-8-11-15-25)58-36(34)44-41(49)52-20-26-16-12-9-13-17-26/h8-17,21-24,27-39,46-47H,7,18-20H2,1-6H3,(H,43,48)(H,44,49)/t21?,22-,23-,24?,27?,28-,29?,30+,31?,32?,33?,34-,35+,36?,37+,38+,39?/m0/s1. The zero-order valence-electron chi connectivity index (χ0n) is 34.2. The van der Waals surface area contributed by atoms with Gasteiger partial charge in [0.05, 0.1) is 12.2 Å². The molecule has 0 bridgehead atoms. The summed E-state index contributed by atoms with van der Waals surface area (Å²) >= 11 is 0. The first-order valence-corrected chi connectivity index (χ1v) is 20.5. The van der Waals surface area contributed by atoms with Crippen LogP contribution in [0.5, 0.6) is 0 Å². The molecule has 5 aliphatic heterocycles. The number of carbonyl (C=O) groups is 3. The van der Waals surface area contributed by atoms with Gasteiger partial charge < -0.3 is 52.8 Å². The van der Waals surface area contributed by atoms with Gasteiger partial charge in [-0.15, -0.1) is 0 Å². The number of ether oxygens (including phenoxy) is 9. The maximum Gasteiger partial charge on any atom is 0.410 e. The van der Waals surface area contributed by atoms with Gasteiger partial charge in [-0.05, 0) is 35.8 Å². The number of fused-ring (bicyclic) bond motifs is 3. The Balaban J connectivity index is 1.05. The molecule has 4 N–H and O–H groups in total. The number of amides is 3. The predicted octanol–water partition coefficient (Wildman–Crippen LogP) is 3.98. The summed E-state index contributed by atoms with van der Waals surface area (Å²) in [6.45, 7) is 10.3. The van der Waals surface area contributed by atoms with E-state index >= 15 is 0 Å². The van der Waals surface area contributed by atoms with Gasteiger partial charge >= 0.3 is 18.3 Å². The molecule has 59 heavy (non-hydrogen) atoms. The summed E-state index contributed by atoms with van der Waals surface area (Å²) in [5, 5.41) is 27.8. The van der Waals surface area contributed by atoms with E-state index in [2.05, 4.69) is 38.3 Å². The van der Waals surface area contributed by atoms with Gasteiger partial charge in [0.25, 0.3) is 0 Å². The maximum absolute atomic E-state index is 13.2. The fourth-order valence-electron chi connectivity index (χ4n) is 8.57. The molecule has 0 aromatic heterocycles. The smallest absolute Gasteiger partial charge is 0.410 e. The first kappa shape index (κ1) is 43.0. The van der Waals surface area contributed by atoms with Crippen molar-refractivity contribution >= 4 is 18.3 Å². The van der Waals surface area contributed by atoms with E-state index in [-0.39, 0.29) is 25.2 Å². The second-order valence-corrected chi connectivity index (χ2v) is 16.3. The summed E-state index contributed by atoms with van der Waals surface area (Å²) in [6, 6.07) is 17.3. The molecule has 0 saturated carbocycles. The number of benzene rings is 2. The molecule has 3 amide bonds. The molecular formula is C42H57N3O14. The topological polar surface area (TPSA) is 202 Å². The highest BCUT2D eigenvalue weighted by molar-refractivity contribution is 5.71. The van der Waals surface area contributed by atoms with Gasteiger partial charge in [-0.3, -0.25) is 15.5 Å². The highest BCUT2D eigenvalue weighted by Gasteiger charge is 2.60. The van der Waals surface area contributed by atoms with Gasteiger partial charge in [0.1, 0.15) is 43.7 Å². The lowest BCUT2D eigenvalue weighted by atomic mass is 9.78. The summed E-state index contributed by atoms with van der Waals surface area (Å²) in [4.78, 5) is 40.5. The Kier molecular flexibility index (Phi) is 13.6. The average Bonchev–Trinajstić information content (AvgIpc) is 3.54. The fourth-order valence-corrected chi connectivity index (χ4v) is 8.57. The lowest BCUT2D eigenvalue weighted by Crippen LogP contribution is -2.68. The van der Waals surface area contributed by atoms with Crippen LogP contribution in [-0.2, 0) is 55.8 Å². The van der Waals surface area contributed by atoms with E-state index in [1.807, 2.05) is 19.1 Å². The van der Waals surface area contributed by atoms with Gasteiger partial charge in [-0.25, -0.2) is 14.4 Å². The van der Waals surface area contributed by atoms with Gasteiger partial charge in [-0.1, -0.05) is 95.3 Å². The zero-order valence-corrected chi connectivity index (χ0v) is 34.2. The molecule has 0 radical (unpaired) electrons. The number of aliphatic hydroxyl groups excluding tert-OH is 2. The molecule has 2 aromatic rings. The molecule has 5 fully saturated rings. The van der Waals surface area contributed by atoms with E-state index in [1.165, 1.54) is 4.90 Å². The fraction of sp³-hybridized carbons (Fsp3) is 0.643. The van der Waals surface area contributed by atoms with E-state index in [9.17, 15) is 24.6 Å². The minimum absolute atomic E-state index is 0.00894. The largest absolute Gasteiger partial charge is 0.445 e. The third kappa shape index (κ3) is 9.47. The number of nitrogens with zero attached hydrogens (tertiary/aromatic N) is 1. The second-order valence-electron chi connectivity index (χ2n) is 16.3. The van der Waals surface area contributed by atoms with Crippen LogP contribution in [0.2, 0.25) is 0 Å². The van der Waals surface area contributed by atoms with Crippen molar-refractivity contribution in [1.82, 2.24) is 15.5 Å². The quantitative estimate of drug-likeness (QED) is 0.237. The Morgan fingerprint density at radius 1 is 0.729 bits per heavy atom. The van der Waals surface area contributed by atoms with Crippen molar-refractivity contribution < 1.29 is 67.2 Å². The zero-order chi connectivity index (χ0) is 42.0. The third-order valence-electron chi connectivity index (χ3n) is 12.4. The number of rotatable bonds is 11. The number of alkyl carbamates (subject to hydrolysis) is 2. The molecule has 17 nitrogen and oxygen atoms in total. The van der Waals surface area contributed by atoms with Crippen LogP contribution < -0.4 is 10.6 Å². The lowest BCUT2D eigenvalue weighted by Gasteiger charge is -2.51. The molecule has 5 aliphatic rings. The molecule has 5 saturated heterocycles. The Morgan fingerprint density at radius 2 is 1.34 bits per heavy atom. The first-order chi connectivity index (χ1) is 28.3. The highest BCUT2D eigenvalue weighted by atomic mass is 16.8. The summed E-state index contributed by atoms with van der Waals surface area (Å²) in [5.41, 5.74) is 1.45. The molecule has 2 aromatic carbocycles. The second kappa shape index (κ2) is 18.7. The minimum Gasteiger partial charge on any atom is -0.445 e. The van der Waals surface area contributed by atoms with Crippen LogP contribution in [-0.4, -0.2) is 121 Å². The molecule has 17 heteroatoms. The van der Waals surface area contributed by atoms with Crippen molar-refractivity contribution in [2.45, 2.75) is 141 Å². The van der Waals surface area contributed by atoms with Gasteiger partial charge in [0, 0.05) is 18.9 Å². The molecule has 9 unspecified atom stereocenters.